The molecule has 0 bridgehead atoms. The van der Waals surface area contributed by atoms with Crippen molar-refractivity contribution in [2.24, 2.45) is 10.9 Å². The maximum absolute atomic E-state index is 14.1. The molecule has 1 atom stereocenters. The monoisotopic (exact) mass is 281 g/mol. The van der Waals surface area contributed by atoms with Crippen LogP contribution >= 0.6 is 0 Å². The highest BCUT2D eigenvalue weighted by molar-refractivity contribution is 5.97. The number of benzene rings is 1. The van der Waals surface area contributed by atoms with Crippen LogP contribution in [0.25, 0.3) is 0 Å². The summed E-state index contributed by atoms with van der Waals surface area (Å²) in [6, 6.07) is 4.53. The lowest BCUT2D eigenvalue weighted by atomic mass is 10.1. The molecule has 0 saturated carbocycles. The molecule has 5 nitrogen and oxygen atoms in total. The van der Waals surface area contributed by atoms with Gasteiger partial charge in [0.05, 0.1) is 11.8 Å². The Morgan fingerprint density at radius 1 is 1.55 bits per heavy atom. The third-order valence-electron chi connectivity index (χ3n) is 3.51. The topological polar surface area (TPSA) is 71.1 Å². The van der Waals surface area contributed by atoms with Crippen molar-refractivity contribution in [1.29, 1.82) is 0 Å². The zero-order chi connectivity index (χ0) is 14.5. The average Bonchev–Trinajstić information content (AvgIpc) is 2.47. The van der Waals surface area contributed by atoms with Gasteiger partial charge in [0.25, 0.3) is 0 Å². The molecular weight excluding hydrogens is 261 g/mol. The lowest BCUT2D eigenvalue weighted by molar-refractivity contribution is 0.0215. The summed E-state index contributed by atoms with van der Waals surface area (Å²) in [5.74, 6) is -0.499. The SMILES string of the molecule is CN(CC1CCCCO1)c1ccc(C(N)=NO)cc1F. The van der Waals surface area contributed by atoms with Crippen LogP contribution in [0.3, 0.4) is 0 Å². The molecule has 2 rings (SSSR count). The summed E-state index contributed by atoms with van der Waals surface area (Å²) in [6.07, 6.45) is 3.41. The Balaban J connectivity index is 2.07. The summed E-state index contributed by atoms with van der Waals surface area (Å²) in [4.78, 5) is 1.83. The first-order valence-corrected chi connectivity index (χ1v) is 6.72. The van der Waals surface area contributed by atoms with Gasteiger partial charge in [-0.05, 0) is 37.5 Å². The molecule has 1 aromatic rings. The van der Waals surface area contributed by atoms with Crippen LogP contribution in [0.15, 0.2) is 23.4 Å². The Morgan fingerprint density at radius 2 is 2.35 bits per heavy atom. The van der Waals surface area contributed by atoms with E-state index in [-0.39, 0.29) is 11.9 Å². The van der Waals surface area contributed by atoms with Gasteiger partial charge < -0.3 is 20.6 Å². The Kier molecular flexibility index (Phi) is 4.79. The van der Waals surface area contributed by atoms with E-state index >= 15 is 0 Å². The largest absolute Gasteiger partial charge is 0.409 e. The van der Waals surface area contributed by atoms with Crippen molar-refractivity contribution in [3.63, 3.8) is 0 Å². The molecule has 3 N–H and O–H groups in total. The normalized spacial score (nSPS) is 19.9. The number of halogens is 1. The van der Waals surface area contributed by atoms with E-state index in [1.54, 1.807) is 12.1 Å². The second kappa shape index (κ2) is 6.56. The lowest BCUT2D eigenvalue weighted by Gasteiger charge is -2.29. The fourth-order valence-corrected chi connectivity index (χ4v) is 2.39. The number of rotatable bonds is 4. The van der Waals surface area contributed by atoms with E-state index in [4.69, 9.17) is 15.7 Å². The highest BCUT2D eigenvalue weighted by Crippen LogP contribution is 2.22. The third-order valence-corrected chi connectivity index (χ3v) is 3.51. The van der Waals surface area contributed by atoms with Gasteiger partial charge in [-0.3, -0.25) is 0 Å². The van der Waals surface area contributed by atoms with E-state index in [9.17, 15) is 4.39 Å². The Morgan fingerprint density at radius 3 is 2.95 bits per heavy atom. The van der Waals surface area contributed by atoms with E-state index in [1.807, 2.05) is 11.9 Å². The first-order chi connectivity index (χ1) is 9.61. The second-order valence-electron chi connectivity index (χ2n) is 5.02. The maximum Gasteiger partial charge on any atom is 0.170 e. The number of oxime groups is 1. The van der Waals surface area contributed by atoms with Crippen LogP contribution in [-0.2, 0) is 4.74 Å². The molecule has 1 fully saturated rings. The van der Waals surface area contributed by atoms with Gasteiger partial charge in [0.15, 0.2) is 5.84 Å². The average molecular weight is 281 g/mol. The summed E-state index contributed by atoms with van der Waals surface area (Å²) in [6.45, 7) is 1.43. The quantitative estimate of drug-likeness (QED) is 0.383. The number of anilines is 1. The maximum atomic E-state index is 14.1. The highest BCUT2D eigenvalue weighted by Gasteiger charge is 2.18. The molecule has 1 aliphatic heterocycles. The van der Waals surface area contributed by atoms with Gasteiger partial charge >= 0.3 is 0 Å². The molecule has 6 heteroatoms. The minimum absolute atomic E-state index is 0.103. The standard InChI is InChI=1S/C14H20FN3O2/c1-18(9-11-4-2-3-7-20-11)13-6-5-10(8-12(13)15)14(16)17-19/h5-6,8,11,19H,2-4,7,9H2,1H3,(H2,16,17). The molecule has 1 unspecified atom stereocenters. The molecular formula is C14H20FN3O2. The summed E-state index contributed by atoms with van der Waals surface area (Å²) < 4.78 is 19.7. The van der Waals surface area contributed by atoms with Crippen LogP contribution in [0.4, 0.5) is 10.1 Å². The van der Waals surface area contributed by atoms with Crippen molar-refractivity contribution in [2.45, 2.75) is 25.4 Å². The molecule has 1 aromatic carbocycles. The second-order valence-corrected chi connectivity index (χ2v) is 5.02. The summed E-state index contributed by atoms with van der Waals surface area (Å²) in [5, 5.41) is 11.4. The van der Waals surface area contributed by atoms with Crippen LogP contribution in [0.2, 0.25) is 0 Å². The van der Waals surface area contributed by atoms with E-state index in [0.717, 1.165) is 25.9 Å². The van der Waals surface area contributed by atoms with E-state index in [2.05, 4.69) is 5.16 Å². The van der Waals surface area contributed by atoms with Gasteiger partial charge in [-0.25, -0.2) is 4.39 Å². The number of likely N-dealkylation sites (N-methyl/N-ethyl adjacent to an activating group) is 1. The summed E-state index contributed by atoms with van der Waals surface area (Å²) in [7, 11) is 1.83. The zero-order valence-electron chi connectivity index (χ0n) is 11.6. The molecule has 1 heterocycles. The first kappa shape index (κ1) is 14.6. The van der Waals surface area contributed by atoms with Gasteiger partial charge in [0.2, 0.25) is 0 Å². The van der Waals surface area contributed by atoms with Gasteiger partial charge in [-0.15, -0.1) is 0 Å². The number of amidine groups is 1. The molecule has 0 aliphatic carbocycles. The van der Waals surface area contributed by atoms with Gasteiger partial charge in [0, 0.05) is 25.8 Å². The summed E-state index contributed by atoms with van der Waals surface area (Å²) >= 11 is 0. The van der Waals surface area contributed by atoms with Crippen molar-refractivity contribution >= 4 is 11.5 Å². The van der Waals surface area contributed by atoms with E-state index < -0.39 is 5.82 Å². The molecule has 1 aliphatic rings. The van der Waals surface area contributed by atoms with Crippen molar-refractivity contribution in [1.82, 2.24) is 0 Å². The third kappa shape index (κ3) is 3.39. The molecule has 0 aromatic heterocycles. The van der Waals surface area contributed by atoms with E-state index in [1.165, 1.54) is 6.07 Å². The fourth-order valence-electron chi connectivity index (χ4n) is 2.39. The smallest absolute Gasteiger partial charge is 0.170 e. The van der Waals surface area contributed by atoms with Crippen LogP contribution in [0.1, 0.15) is 24.8 Å². The van der Waals surface area contributed by atoms with Crippen molar-refractivity contribution in [3.8, 4) is 0 Å². The Labute approximate surface area is 117 Å². The molecule has 20 heavy (non-hydrogen) atoms. The fraction of sp³-hybridized carbons (Fsp3) is 0.500. The van der Waals surface area contributed by atoms with Crippen molar-refractivity contribution < 1.29 is 14.3 Å². The lowest BCUT2D eigenvalue weighted by Crippen LogP contribution is -2.33. The molecule has 0 spiro atoms. The number of nitrogens with two attached hydrogens (primary N) is 1. The van der Waals surface area contributed by atoms with Gasteiger partial charge in [-0.2, -0.15) is 0 Å². The van der Waals surface area contributed by atoms with Crippen molar-refractivity contribution in [3.05, 3.63) is 29.6 Å². The predicted molar refractivity (Wildman–Crippen MR) is 75.8 cm³/mol. The minimum Gasteiger partial charge on any atom is -0.409 e. The van der Waals surface area contributed by atoms with Crippen LogP contribution in [0, 0.1) is 5.82 Å². The van der Waals surface area contributed by atoms with Crippen LogP contribution < -0.4 is 10.6 Å². The first-order valence-electron chi connectivity index (χ1n) is 6.72. The highest BCUT2D eigenvalue weighted by atomic mass is 19.1. The Hall–Kier alpha value is -1.82. The van der Waals surface area contributed by atoms with Crippen LogP contribution in [-0.4, -0.2) is 37.3 Å². The molecule has 110 valence electrons. The molecule has 1 saturated heterocycles. The van der Waals surface area contributed by atoms with Crippen LogP contribution in [0.5, 0.6) is 0 Å². The Bertz CT molecular complexity index is 487. The van der Waals surface area contributed by atoms with Crippen molar-refractivity contribution in [2.75, 3.05) is 25.1 Å². The van der Waals surface area contributed by atoms with E-state index in [0.29, 0.717) is 17.8 Å². The minimum atomic E-state index is -0.396. The number of ether oxygens (including phenoxy) is 1. The molecule has 0 radical (unpaired) electrons. The number of hydrogen-bond donors (Lipinski definition) is 2. The summed E-state index contributed by atoms with van der Waals surface area (Å²) in [5.41, 5.74) is 6.28. The number of nitrogens with zero attached hydrogens (tertiary/aromatic N) is 2. The van der Waals surface area contributed by atoms with Gasteiger partial charge in [0.1, 0.15) is 5.82 Å². The zero-order valence-corrected chi connectivity index (χ0v) is 11.6. The predicted octanol–water partition coefficient (Wildman–Crippen LogP) is 1.93. The molecule has 0 amide bonds. The van der Waals surface area contributed by atoms with Gasteiger partial charge in [-0.1, -0.05) is 5.16 Å². The number of hydrogen-bond acceptors (Lipinski definition) is 4.